The fraction of sp³-hybridized carbons (Fsp3) is 0.171. The second kappa shape index (κ2) is 12.4. The van der Waals surface area contributed by atoms with Crippen molar-refractivity contribution in [2.24, 2.45) is 0 Å². The molecule has 2 aliphatic carbocycles. The van der Waals surface area contributed by atoms with Crippen LogP contribution in [0.25, 0.3) is 11.1 Å². The van der Waals surface area contributed by atoms with Crippen molar-refractivity contribution in [1.82, 2.24) is 0 Å². The van der Waals surface area contributed by atoms with E-state index < -0.39 is 0 Å². The molecule has 0 saturated heterocycles. The summed E-state index contributed by atoms with van der Waals surface area (Å²) in [4.78, 5) is 0. The summed E-state index contributed by atoms with van der Waals surface area (Å²) < 4.78 is 1.42. The van der Waals surface area contributed by atoms with Gasteiger partial charge in [-0.15, -0.1) is 24.5 Å². The normalized spacial score (nSPS) is 12.7. The van der Waals surface area contributed by atoms with Gasteiger partial charge in [0.1, 0.15) is 0 Å². The van der Waals surface area contributed by atoms with Crippen molar-refractivity contribution < 1.29 is 24.2 Å². The zero-order valence-corrected chi connectivity index (χ0v) is 24.1. The molecular weight excluding hydrogens is 512 g/mol. The Morgan fingerprint density at radius 3 is 1.86 bits per heavy atom. The number of hydrogen-bond acceptors (Lipinski definition) is 0. The van der Waals surface area contributed by atoms with E-state index in [9.17, 15) is 0 Å². The van der Waals surface area contributed by atoms with Gasteiger partial charge in [-0.2, -0.15) is 29.3 Å². The molecule has 0 aromatic heterocycles. The van der Waals surface area contributed by atoms with Gasteiger partial charge in [0.05, 0.1) is 0 Å². The van der Waals surface area contributed by atoms with Crippen molar-refractivity contribution in [3.63, 3.8) is 0 Å². The first-order valence-corrected chi connectivity index (χ1v) is 13.7. The van der Waals surface area contributed by atoms with E-state index in [2.05, 4.69) is 137 Å². The molecule has 0 radical (unpaired) electrons. The molecule has 6 rings (SSSR count). The van der Waals surface area contributed by atoms with Crippen LogP contribution in [0, 0.1) is 26.0 Å². The van der Waals surface area contributed by atoms with Crippen molar-refractivity contribution in [1.29, 1.82) is 0 Å². The number of allylic oxidation sites excluding steroid dienone is 4. The molecule has 0 nitrogen and oxygen atoms in total. The van der Waals surface area contributed by atoms with Crippen molar-refractivity contribution in [3.05, 3.63) is 154 Å². The zero-order chi connectivity index (χ0) is 25.5. The van der Waals surface area contributed by atoms with Crippen LogP contribution in [-0.4, -0.2) is 3.21 Å². The average Bonchev–Trinajstić information content (AvgIpc) is 3.45. The van der Waals surface area contributed by atoms with Gasteiger partial charge in [0, 0.05) is 0 Å². The Balaban J connectivity index is 0.000000135. The third kappa shape index (κ3) is 6.65. The van der Waals surface area contributed by atoms with Gasteiger partial charge in [0.25, 0.3) is 0 Å². The van der Waals surface area contributed by atoms with Crippen molar-refractivity contribution in [2.45, 2.75) is 40.5 Å². The van der Waals surface area contributed by atoms with E-state index in [0.29, 0.717) is 0 Å². The summed E-state index contributed by atoms with van der Waals surface area (Å²) in [5.41, 5.74) is 13.7. The molecule has 0 heterocycles. The predicted molar refractivity (Wildman–Crippen MR) is 150 cm³/mol. The van der Waals surface area contributed by atoms with Crippen LogP contribution in [0.5, 0.6) is 0 Å². The number of rotatable bonds is 2. The van der Waals surface area contributed by atoms with Gasteiger partial charge in [-0.1, -0.05) is 43.2 Å². The molecule has 0 amide bonds. The van der Waals surface area contributed by atoms with E-state index in [1.54, 1.807) is 0 Å². The van der Waals surface area contributed by atoms with Crippen LogP contribution in [0.1, 0.15) is 53.6 Å². The molecule has 2 aliphatic rings. The van der Waals surface area contributed by atoms with E-state index >= 15 is 0 Å². The van der Waals surface area contributed by atoms with Crippen molar-refractivity contribution in [2.75, 3.05) is 0 Å². The summed E-state index contributed by atoms with van der Waals surface area (Å²) in [6.45, 7) is 8.52. The third-order valence-corrected chi connectivity index (χ3v) is 7.99. The van der Waals surface area contributed by atoms with Gasteiger partial charge in [-0.25, -0.2) is 11.6 Å². The van der Waals surface area contributed by atoms with Gasteiger partial charge in [-0.05, 0) is 18.9 Å². The summed E-state index contributed by atoms with van der Waals surface area (Å²) in [7, 11) is 0. The first-order chi connectivity index (χ1) is 17.4. The first kappa shape index (κ1) is 26.2. The second-order valence-corrected chi connectivity index (χ2v) is 10.7. The van der Waals surface area contributed by atoms with E-state index in [4.69, 9.17) is 0 Å². The van der Waals surface area contributed by atoms with Crippen LogP contribution < -0.4 is 0 Å². The standard InChI is InChI=1S/C15H13.C13H10.C7H9.Zr/c1-10-3-5-14-12(7-10)9-13-8-11(2)4-6-15(13)14;1-3-7-12(8-4-1)11-13-9-5-2-6-10-13;1-6-4-3-5-7(6)2;/h3-7H,9H2,1-2H3;1-10H;4H,5H2,1-2H3;/q-1;;-1;+2. The minimum atomic E-state index is 1.05. The third-order valence-electron chi connectivity index (χ3n) is 6.58. The molecule has 36 heavy (non-hydrogen) atoms. The van der Waals surface area contributed by atoms with E-state index in [-0.39, 0.29) is 0 Å². The van der Waals surface area contributed by atoms with Crippen LogP contribution in [0.4, 0.5) is 0 Å². The number of fused-ring (bicyclic) bond motifs is 3. The zero-order valence-electron chi connectivity index (χ0n) is 21.7. The summed E-state index contributed by atoms with van der Waals surface area (Å²) >= 11 is 1.46. The Hall–Kier alpha value is -2.89. The molecule has 0 saturated carbocycles. The summed E-state index contributed by atoms with van der Waals surface area (Å²) in [6, 6.07) is 35.6. The number of aryl methyl sites for hydroxylation is 2. The predicted octanol–water partition coefficient (Wildman–Crippen LogP) is 8.56. The Labute approximate surface area is 231 Å². The Morgan fingerprint density at radius 1 is 0.722 bits per heavy atom. The van der Waals surface area contributed by atoms with Gasteiger partial charge < -0.3 is 0 Å². The fourth-order valence-electron chi connectivity index (χ4n) is 4.37. The average molecular weight is 544 g/mol. The molecule has 0 aliphatic heterocycles. The molecule has 176 valence electrons. The van der Waals surface area contributed by atoms with Crippen LogP contribution in [-0.2, 0) is 30.7 Å². The minimum absolute atomic E-state index is 1.05. The Kier molecular flexibility index (Phi) is 9.00. The summed E-state index contributed by atoms with van der Waals surface area (Å²) in [6.07, 6.45) is 7.27. The maximum absolute atomic E-state index is 3.45. The van der Waals surface area contributed by atoms with E-state index in [0.717, 1.165) is 12.8 Å². The quantitative estimate of drug-likeness (QED) is 0.196. The summed E-state index contributed by atoms with van der Waals surface area (Å²) in [5, 5.41) is 0. The fourth-order valence-corrected chi connectivity index (χ4v) is 5.19. The van der Waals surface area contributed by atoms with Gasteiger partial charge in [0.2, 0.25) is 0 Å². The SMILES string of the molecule is CC1=C(C)C[C-]=C1.Cc1[c-]c2c(cc1)-c1ccc(C)cc1C2.[Zr+2]=[C](c1ccccc1)c1ccccc1. The Morgan fingerprint density at radius 2 is 1.33 bits per heavy atom. The van der Waals surface area contributed by atoms with Crippen molar-refractivity contribution >= 4 is 3.21 Å². The molecule has 0 spiro atoms. The molecule has 0 atom stereocenters. The molecule has 0 fully saturated rings. The number of hydrogen-bond donors (Lipinski definition) is 0. The van der Waals surface area contributed by atoms with Crippen molar-refractivity contribution in [3.8, 4) is 11.1 Å². The van der Waals surface area contributed by atoms with Crippen LogP contribution in [0.2, 0.25) is 0 Å². The summed E-state index contributed by atoms with van der Waals surface area (Å²) in [5.74, 6) is 0. The topological polar surface area (TPSA) is 0 Å². The Bertz CT molecular complexity index is 1310. The van der Waals surface area contributed by atoms with Gasteiger partial charge in [-0.3, -0.25) is 6.08 Å². The molecule has 1 heteroatoms. The number of benzene rings is 4. The second-order valence-electron chi connectivity index (χ2n) is 9.47. The molecule has 4 aromatic carbocycles. The molecule has 0 bridgehead atoms. The van der Waals surface area contributed by atoms with E-state index in [1.807, 2.05) is 0 Å². The van der Waals surface area contributed by atoms with E-state index in [1.165, 1.54) is 83.1 Å². The maximum atomic E-state index is 3.45. The first-order valence-electron chi connectivity index (χ1n) is 12.5. The van der Waals surface area contributed by atoms with Crippen LogP contribution in [0.3, 0.4) is 0 Å². The molecule has 4 aromatic rings. The molecular formula is C35H32Zr. The van der Waals surface area contributed by atoms with Gasteiger partial charge >= 0.3 is 99.2 Å². The van der Waals surface area contributed by atoms with Crippen LogP contribution in [0.15, 0.2) is 108 Å². The van der Waals surface area contributed by atoms with Gasteiger partial charge in [0.15, 0.2) is 0 Å². The van der Waals surface area contributed by atoms with Crippen LogP contribution >= 0.6 is 0 Å². The molecule has 0 N–H and O–H groups in total. The monoisotopic (exact) mass is 542 g/mol. The molecule has 0 unspecified atom stereocenters.